The summed E-state index contributed by atoms with van der Waals surface area (Å²) in [6.45, 7) is 0. The van der Waals surface area contributed by atoms with Gasteiger partial charge in [0.1, 0.15) is 5.82 Å². The Hall–Kier alpha value is -2.54. The van der Waals surface area contributed by atoms with Crippen LogP contribution in [0.25, 0.3) is 0 Å². The van der Waals surface area contributed by atoms with Gasteiger partial charge in [-0.25, -0.2) is 4.39 Å². The van der Waals surface area contributed by atoms with Crippen LogP contribution in [0, 0.1) is 5.82 Å². The van der Waals surface area contributed by atoms with Crippen molar-refractivity contribution >= 4 is 35.0 Å². The molecule has 0 heterocycles. The predicted molar refractivity (Wildman–Crippen MR) is 85.0 cm³/mol. The van der Waals surface area contributed by atoms with Crippen LogP contribution in [-0.2, 0) is 9.59 Å². The van der Waals surface area contributed by atoms with Crippen molar-refractivity contribution < 1.29 is 14.0 Å². The van der Waals surface area contributed by atoms with Crippen LogP contribution in [0.15, 0.2) is 53.4 Å². The highest BCUT2D eigenvalue weighted by atomic mass is 32.2. The van der Waals surface area contributed by atoms with Gasteiger partial charge in [0, 0.05) is 10.6 Å². The number of amides is 2. The molecule has 0 fully saturated rings. The number of benzene rings is 2. The smallest absolute Gasteiger partial charge is 0.318 e. The summed E-state index contributed by atoms with van der Waals surface area (Å²) in [4.78, 5) is 24.4. The average molecular weight is 319 g/mol. The Bertz CT molecular complexity index is 694. The Labute approximate surface area is 131 Å². The van der Waals surface area contributed by atoms with Gasteiger partial charge in [0.2, 0.25) is 0 Å². The van der Waals surface area contributed by atoms with Gasteiger partial charge < -0.3 is 5.32 Å². The molecule has 7 heteroatoms. The molecule has 3 N–H and O–H groups in total. The first-order valence-corrected chi connectivity index (χ1v) is 7.58. The Kier molecular flexibility index (Phi) is 5.37. The lowest BCUT2D eigenvalue weighted by Crippen LogP contribution is -2.39. The fourth-order valence-corrected chi connectivity index (χ4v) is 2.09. The molecule has 0 aliphatic rings. The van der Waals surface area contributed by atoms with Crippen LogP contribution in [0.2, 0.25) is 0 Å². The van der Waals surface area contributed by atoms with Gasteiger partial charge >= 0.3 is 11.8 Å². The fraction of sp³-hybridized carbons (Fsp3) is 0.0667. The van der Waals surface area contributed by atoms with Crippen molar-refractivity contribution in [2.45, 2.75) is 4.90 Å². The number of hydrazine groups is 1. The highest BCUT2D eigenvalue weighted by molar-refractivity contribution is 7.98. The minimum atomic E-state index is -0.919. The van der Waals surface area contributed by atoms with E-state index in [1.54, 1.807) is 24.3 Å². The molecule has 0 atom stereocenters. The molecular weight excluding hydrogens is 305 g/mol. The number of carbonyl (C=O) groups excluding carboxylic acids is 2. The van der Waals surface area contributed by atoms with Gasteiger partial charge in [-0.3, -0.25) is 20.4 Å². The summed E-state index contributed by atoms with van der Waals surface area (Å²) in [7, 11) is 0. The van der Waals surface area contributed by atoms with Crippen molar-refractivity contribution in [2.75, 3.05) is 17.0 Å². The predicted octanol–water partition coefficient (Wildman–Crippen LogP) is 2.63. The van der Waals surface area contributed by atoms with E-state index < -0.39 is 17.6 Å². The number of anilines is 2. The Morgan fingerprint density at radius 3 is 2.55 bits per heavy atom. The van der Waals surface area contributed by atoms with E-state index in [1.807, 2.05) is 12.3 Å². The summed E-state index contributed by atoms with van der Waals surface area (Å²) in [5, 5.41) is 2.47. The number of hydrogen-bond acceptors (Lipinski definition) is 4. The molecule has 0 radical (unpaired) electrons. The molecule has 0 bridgehead atoms. The number of nitrogens with one attached hydrogen (secondary N) is 3. The maximum Gasteiger partial charge on any atom is 0.327 e. The Morgan fingerprint density at radius 2 is 1.82 bits per heavy atom. The van der Waals surface area contributed by atoms with E-state index in [0.717, 1.165) is 4.90 Å². The van der Waals surface area contributed by atoms with Gasteiger partial charge in [-0.05, 0) is 36.6 Å². The third-order valence-electron chi connectivity index (χ3n) is 2.72. The molecule has 0 saturated heterocycles. The standard InChI is InChI=1S/C15H14FN3O2S/c1-22-11-6-4-5-10(9-11)17-14(20)15(21)19-18-13-8-3-2-7-12(13)16/h2-9,18H,1H3,(H,17,20)(H,19,21). The maximum absolute atomic E-state index is 13.4. The first-order chi connectivity index (χ1) is 10.6. The second-order valence-electron chi connectivity index (χ2n) is 4.25. The maximum atomic E-state index is 13.4. The molecule has 0 aliphatic heterocycles. The number of thioether (sulfide) groups is 1. The quantitative estimate of drug-likeness (QED) is 0.460. The van der Waals surface area contributed by atoms with E-state index in [0.29, 0.717) is 5.69 Å². The minimum Gasteiger partial charge on any atom is -0.318 e. The van der Waals surface area contributed by atoms with Crippen molar-refractivity contribution in [2.24, 2.45) is 0 Å². The summed E-state index contributed by atoms with van der Waals surface area (Å²) in [5.74, 6) is -2.30. The summed E-state index contributed by atoms with van der Waals surface area (Å²) >= 11 is 1.52. The molecule has 5 nitrogen and oxygen atoms in total. The highest BCUT2D eigenvalue weighted by Gasteiger charge is 2.14. The molecule has 2 aromatic carbocycles. The van der Waals surface area contributed by atoms with E-state index in [-0.39, 0.29) is 5.69 Å². The molecule has 114 valence electrons. The molecule has 0 aliphatic carbocycles. The number of para-hydroxylation sites is 1. The van der Waals surface area contributed by atoms with Crippen molar-refractivity contribution in [1.82, 2.24) is 5.43 Å². The molecule has 0 saturated carbocycles. The van der Waals surface area contributed by atoms with Crippen molar-refractivity contribution in [3.05, 3.63) is 54.3 Å². The lowest BCUT2D eigenvalue weighted by atomic mass is 10.3. The summed E-state index contributed by atoms with van der Waals surface area (Å²) in [5.41, 5.74) is 5.09. The second kappa shape index (κ2) is 7.46. The zero-order valence-corrected chi connectivity index (χ0v) is 12.5. The van der Waals surface area contributed by atoms with E-state index in [1.165, 1.54) is 30.0 Å². The van der Waals surface area contributed by atoms with Crippen LogP contribution < -0.4 is 16.2 Å². The monoisotopic (exact) mass is 319 g/mol. The largest absolute Gasteiger partial charge is 0.327 e. The number of rotatable bonds is 4. The molecule has 2 amide bonds. The van der Waals surface area contributed by atoms with Crippen LogP contribution in [0.3, 0.4) is 0 Å². The topological polar surface area (TPSA) is 70.2 Å². The molecule has 0 aromatic heterocycles. The van der Waals surface area contributed by atoms with E-state index in [9.17, 15) is 14.0 Å². The summed E-state index contributed by atoms with van der Waals surface area (Å²) in [6.07, 6.45) is 1.91. The molecule has 2 aromatic rings. The van der Waals surface area contributed by atoms with Gasteiger partial charge in [0.25, 0.3) is 0 Å². The third kappa shape index (κ3) is 4.23. The normalized spacial score (nSPS) is 9.91. The Balaban J connectivity index is 1.92. The zero-order valence-electron chi connectivity index (χ0n) is 11.7. The second-order valence-corrected chi connectivity index (χ2v) is 5.12. The van der Waals surface area contributed by atoms with Gasteiger partial charge in [-0.15, -0.1) is 11.8 Å². The van der Waals surface area contributed by atoms with Crippen molar-refractivity contribution in [3.63, 3.8) is 0 Å². The lowest BCUT2D eigenvalue weighted by molar-refractivity contribution is -0.135. The SMILES string of the molecule is CSc1cccc(NC(=O)C(=O)NNc2ccccc2F)c1. The third-order valence-corrected chi connectivity index (χ3v) is 3.44. The molecule has 22 heavy (non-hydrogen) atoms. The fourth-order valence-electron chi connectivity index (χ4n) is 1.63. The van der Waals surface area contributed by atoms with Crippen molar-refractivity contribution in [3.8, 4) is 0 Å². The highest BCUT2D eigenvalue weighted by Crippen LogP contribution is 2.18. The number of carbonyl (C=O) groups is 2. The summed E-state index contributed by atoms with van der Waals surface area (Å²) < 4.78 is 13.4. The lowest BCUT2D eigenvalue weighted by Gasteiger charge is -2.09. The van der Waals surface area contributed by atoms with Crippen LogP contribution in [-0.4, -0.2) is 18.1 Å². The number of halogens is 1. The van der Waals surface area contributed by atoms with Crippen LogP contribution in [0.4, 0.5) is 15.8 Å². The first-order valence-electron chi connectivity index (χ1n) is 6.36. The number of hydrogen-bond donors (Lipinski definition) is 3. The zero-order chi connectivity index (χ0) is 15.9. The average Bonchev–Trinajstić information content (AvgIpc) is 2.54. The van der Waals surface area contributed by atoms with Gasteiger partial charge in [0.05, 0.1) is 5.69 Å². The molecule has 0 unspecified atom stereocenters. The molecule has 0 spiro atoms. The Morgan fingerprint density at radius 1 is 1.05 bits per heavy atom. The minimum absolute atomic E-state index is 0.0769. The van der Waals surface area contributed by atoms with Crippen LogP contribution in [0.1, 0.15) is 0 Å². The van der Waals surface area contributed by atoms with E-state index in [4.69, 9.17) is 0 Å². The molecule has 2 rings (SSSR count). The van der Waals surface area contributed by atoms with E-state index >= 15 is 0 Å². The van der Waals surface area contributed by atoms with Crippen molar-refractivity contribution in [1.29, 1.82) is 0 Å². The van der Waals surface area contributed by atoms with Crippen LogP contribution in [0.5, 0.6) is 0 Å². The van der Waals surface area contributed by atoms with Gasteiger partial charge in [-0.1, -0.05) is 18.2 Å². The molecular formula is C15H14FN3O2S. The van der Waals surface area contributed by atoms with Gasteiger partial charge in [0.15, 0.2) is 0 Å². The summed E-state index contributed by atoms with van der Waals surface area (Å²) in [6, 6.07) is 12.9. The first kappa shape index (κ1) is 15.8. The van der Waals surface area contributed by atoms with E-state index in [2.05, 4.69) is 16.2 Å². The van der Waals surface area contributed by atoms with Gasteiger partial charge in [-0.2, -0.15) is 0 Å². The van der Waals surface area contributed by atoms with Crippen LogP contribution >= 0.6 is 11.8 Å².